The predicted octanol–water partition coefficient (Wildman–Crippen LogP) is 6.82. The lowest BCUT2D eigenvalue weighted by molar-refractivity contribution is 0.0691. The van der Waals surface area contributed by atoms with Crippen LogP contribution in [0.4, 0.5) is 8.78 Å². The van der Waals surface area contributed by atoms with Crippen molar-refractivity contribution in [2.45, 2.75) is 19.1 Å². The number of nitrogens with one attached hydrogen (secondary N) is 1. The van der Waals surface area contributed by atoms with Gasteiger partial charge in [-0.05, 0) is 65.6 Å². The van der Waals surface area contributed by atoms with Crippen molar-refractivity contribution >= 4 is 16.8 Å². The largest absolute Gasteiger partial charge is 0.497 e. The fourth-order valence-corrected chi connectivity index (χ4v) is 5.29. The molecule has 0 spiro atoms. The number of rotatable bonds is 6. The Kier molecular flexibility index (Phi) is 6.49. The first-order chi connectivity index (χ1) is 19.0. The number of H-pyrrole nitrogens is 1. The van der Waals surface area contributed by atoms with E-state index in [0.29, 0.717) is 25.3 Å². The van der Waals surface area contributed by atoms with Gasteiger partial charge >= 0.3 is 0 Å². The van der Waals surface area contributed by atoms with Gasteiger partial charge in [0.25, 0.3) is 5.91 Å². The van der Waals surface area contributed by atoms with Crippen LogP contribution in [0, 0.1) is 11.6 Å². The van der Waals surface area contributed by atoms with E-state index in [9.17, 15) is 13.6 Å². The first-order valence-electron chi connectivity index (χ1n) is 12.7. The number of nitrogens with zero attached hydrogens (tertiary/aromatic N) is 1. The number of aromatic amines is 1. The summed E-state index contributed by atoms with van der Waals surface area (Å²) in [6.07, 6.45) is 0.584. The van der Waals surface area contributed by atoms with Crippen LogP contribution in [-0.2, 0) is 13.0 Å². The molecule has 5 nitrogen and oxygen atoms in total. The second kappa shape index (κ2) is 10.3. The quantitative estimate of drug-likeness (QED) is 0.265. The van der Waals surface area contributed by atoms with Crippen LogP contribution in [0.2, 0.25) is 0 Å². The molecule has 1 aliphatic rings. The summed E-state index contributed by atoms with van der Waals surface area (Å²) in [7, 11) is 1.63. The maximum absolute atomic E-state index is 14.0. The van der Waals surface area contributed by atoms with Crippen molar-refractivity contribution in [2.75, 3.05) is 13.7 Å². The lowest BCUT2D eigenvalue weighted by Gasteiger charge is -2.36. The molecule has 4 aromatic carbocycles. The van der Waals surface area contributed by atoms with Gasteiger partial charge in [-0.2, -0.15) is 0 Å². The summed E-state index contributed by atoms with van der Waals surface area (Å²) in [4.78, 5) is 18.9. The molecule has 0 saturated carbocycles. The minimum Gasteiger partial charge on any atom is -0.497 e. The highest BCUT2D eigenvalue weighted by Crippen LogP contribution is 2.40. The van der Waals surface area contributed by atoms with Crippen molar-refractivity contribution in [3.8, 4) is 11.5 Å². The Hall–Kier alpha value is -4.65. The Labute approximate surface area is 224 Å². The first-order valence-corrected chi connectivity index (χ1v) is 12.7. The fraction of sp³-hybridized carbons (Fsp3) is 0.156. The molecule has 6 rings (SSSR count). The second-order valence-electron chi connectivity index (χ2n) is 9.58. The van der Waals surface area contributed by atoms with Crippen LogP contribution in [0.25, 0.3) is 10.9 Å². The molecule has 0 aliphatic carbocycles. The zero-order chi connectivity index (χ0) is 26.9. The van der Waals surface area contributed by atoms with Crippen molar-refractivity contribution in [3.05, 3.63) is 131 Å². The van der Waals surface area contributed by atoms with E-state index in [1.807, 2.05) is 72.8 Å². The van der Waals surface area contributed by atoms with E-state index in [0.717, 1.165) is 57.2 Å². The Morgan fingerprint density at radius 2 is 1.64 bits per heavy atom. The van der Waals surface area contributed by atoms with E-state index >= 15 is 0 Å². The van der Waals surface area contributed by atoms with Crippen molar-refractivity contribution in [1.82, 2.24) is 9.88 Å². The van der Waals surface area contributed by atoms with Gasteiger partial charge in [-0.1, -0.05) is 42.5 Å². The molecule has 0 unspecified atom stereocenters. The Bertz CT molecular complexity index is 1630. The molecule has 2 heterocycles. The Morgan fingerprint density at radius 3 is 2.36 bits per heavy atom. The van der Waals surface area contributed by atoms with Gasteiger partial charge in [0.2, 0.25) is 0 Å². The van der Waals surface area contributed by atoms with Gasteiger partial charge in [-0.3, -0.25) is 4.79 Å². The summed E-state index contributed by atoms with van der Waals surface area (Å²) in [5.74, 6) is -0.570. The zero-order valence-electron chi connectivity index (χ0n) is 21.3. The van der Waals surface area contributed by atoms with E-state index in [4.69, 9.17) is 9.47 Å². The molecule has 0 saturated heterocycles. The summed E-state index contributed by atoms with van der Waals surface area (Å²) in [6.45, 7) is 0.818. The second-order valence-corrected chi connectivity index (χ2v) is 9.58. The number of aromatic nitrogens is 1. The van der Waals surface area contributed by atoms with E-state index in [2.05, 4.69) is 4.98 Å². The molecule has 5 aromatic rings. The van der Waals surface area contributed by atoms with Crippen LogP contribution in [-0.4, -0.2) is 29.4 Å². The van der Waals surface area contributed by atoms with E-state index in [-0.39, 0.29) is 5.56 Å². The van der Waals surface area contributed by atoms with Crippen molar-refractivity contribution in [2.24, 2.45) is 0 Å². The minimum absolute atomic E-state index is 0.0263. The summed E-state index contributed by atoms with van der Waals surface area (Å²) in [6, 6.07) is 25.8. The number of methoxy groups -OCH3 is 1. The third-order valence-corrected chi connectivity index (χ3v) is 7.15. The molecule has 1 N–H and O–H groups in total. The Morgan fingerprint density at radius 1 is 0.923 bits per heavy atom. The standard InChI is InChI=1S/C32H26F2N2O3/c1-38-26-11-12-29-28(18-26)27-13-14-36(32(37)22-15-23(33)17-24(34)16-22)31(30(27)35-29)21-7-9-25(10-8-21)39-19-20-5-3-2-4-6-20/h2-12,15-18,31,35H,13-14,19H2,1H3/t31-/m0/s1. The summed E-state index contributed by atoms with van der Waals surface area (Å²) >= 11 is 0. The van der Waals surface area contributed by atoms with Gasteiger partial charge in [-0.25, -0.2) is 8.78 Å². The van der Waals surface area contributed by atoms with Crippen LogP contribution in [0.15, 0.2) is 91.0 Å². The SMILES string of the molecule is COc1ccc2[nH]c3c(c2c1)CCN(C(=O)c1cc(F)cc(F)c1)[C@H]3c1ccc(OCc2ccccc2)cc1. The third kappa shape index (κ3) is 4.83. The number of fused-ring (bicyclic) bond motifs is 3. The average molecular weight is 525 g/mol. The third-order valence-electron chi connectivity index (χ3n) is 7.15. The normalized spacial score (nSPS) is 14.7. The first kappa shape index (κ1) is 24.7. The lowest BCUT2D eigenvalue weighted by Crippen LogP contribution is -2.40. The molecule has 1 aliphatic heterocycles. The van der Waals surface area contributed by atoms with Crippen molar-refractivity contribution in [3.63, 3.8) is 0 Å². The number of ether oxygens (including phenoxy) is 2. The molecule has 1 atom stereocenters. The molecule has 1 aromatic heterocycles. The maximum atomic E-state index is 14.0. The molecule has 1 amide bonds. The summed E-state index contributed by atoms with van der Waals surface area (Å²) < 4.78 is 39.4. The number of halogens is 2. The summed E-state index contributed by atoms with van der Waals surface area (Å²) in [5, 5.41) is 1.03. The highest BCUT2D eigenvalue weighted by atomic mass is 19.1. The van der Waals surface area contributed by atoms with Gasteiger partial charge in [0.1, 0.15) is 29.7 Å². The summed E-state index contributed by atoms with van der Waals surface area (Å²) in [5.41, 5.74) is 4.78. The molecular weight excluding hydrogens is 498 g/mol. The molecular formula is C32H26F2N2O3. The van der Waals surface area contributed by atoms with Crippen LogP contribution in [0.5, 0.6) is 11.5 Å². The fourth-order valence-electron chi connectivity index (χ4n) is 5.29. The van der Waals surface area contributed by atoms with Gasteiger partial charge in [-0.15, -0.1) is 0 Å². The number of amides is 1. The minimum atomic E-state index is -0.787. The number of hydrogen-bond acceptors (Lipinski definition) is 3. The average Bonchev–Trinajstić information content (AvgIpc) is 3.33. The van der Waals surface area contributed by atoms with Crippen LogP contribution in [0.1, 0.15) is 38.8 Å². The van der Waals surface area contributed by atoms with Gasteiger partial charge in [0.15, 0.2) is 0 Å². The Balaban J connectivity index is 1.38. The number of carbonyl (C=O) groups is 1. The van der Waals surface area contributed by atoms with E-state index in [1.54, 1.807) is 12.0 Å². The zero-order valence-corrected chi connectivity index (χ0v) is 21.3. The van der Waals surface area contributed by atoms with Crippen LogP contribution >= 0.6 is 0 Å². The number of carbonyl (C=O) groups excluding carboxylic acids is 1. The predicted molar refractivity (Wildman–Crippen MR) is 145 cm³/mol. The molecule has 196 valence electrons. The topological polar surface area (TPSA) is 54.6 Å². The monoisotopic (exact) mass is 524 g/mol. The van der Waals surface area contributed by atoms with Crippen molar-refractivity contribution < 1.29 is 23.0 Å². The maximum Gasteiger partial charge on any atom is 0.254 e. The number of benzene rings is 4. The smallest absolute Gasteiger partial charge is 0.254 e. The molecule has 0 fully saturated rings. The van der Waals surface area contributed by atoms with Crippen LogP contribution in [0.3, 0.4) is 0 Å². The van der Waals surface area contributed by atoms with Crippen molar-refractivity contribution in [1.29, 1.82) is 0 Å². The molecule has 0 radical (unpaired) electrons. The van der Waals surface area contributed by atoms with Gasteiger partial charge in [0.05, 0.1) is 13.2 Å². The molecule has 7 heteroatoms. The highest BCUT2D eigenvalue weighted by molar-refractivity contribution is 5.95. The van der Waals surface area contributed by atoms with Crippen LogP contribution < -0.4 is 9.47 Å². The van der Waals surface area contributed by atoms with E-state index in [1.165, 1.54) is 0 Å². The van der Waals surface area contributed by atoms with Gasteiger partial charge < -0.3 is 19.4 Å². The lowest BCUT2D eigenvalue weighted by atomic mass is 9.91. The molecule has 0 bridgehead atoms. The molecule has 39 heavy (non-hydrogen) atoms. The highest BCUT2D eigenvalue weighted by Gasteiger charge is 2.35. The van der Waals surface area contributed by atoms with E-state index < -0.39 is 23.6 Å². The van der Waals surface area contributed by atoms with Gasteiger partial charge in [0, 0.05) is 34.8 Å². The number of hydrogen-bond donors (Lipinski definition) is 1.